The second kappa shape index (κ2) is 7.09. The SMILES string of the molecule is Cn1c(CCCO)nc2c(N)nc(-c3ccc(-c4ccccc4F)s3)cc21. The van der Waals surface area contributed by atoms with Crippen LogP contribution in [0.4, 0.5) is 10.2 Å². The van der Waals surface area contributed by atoms with Gasteiger partial charge in [0.25, 0.3) is 0 Å². The molecule has 138 valence electrons. The normalized spacial score (nSPS) is 11.4. The molecule has 7 heteroatoms. The number of aliphatic hydroxyl groups is 1. The molecule has 3 N–H and O–H groups in total. The van der Waals surface area contributed by atoms with E-state index in [-0.39, 0.29) is 12.4 Å². The number of benzene rings is 1. The summed E-state index contributed by atoms with van der Waals surface area (Å²) in [5.41, 5.74) is 9.04. The predicted molar refractivity (Wildman–Crippen MR) is 107 cm³/mol. The van der Waals surface area contributed by atoms with E-state index in [9.17, 15) is 4.39 Å². The van der Waals surface area contributed by atoms with Gasteiger partial charge in [-0.2, -0.15) is 0 Å². The molecular weight excluding hydrogens is 363 g/mol. The van der Waals surface area contributed by atoms with Crippen LogP contribution in [0.15, 0.2) is 42.5 Å². The first-order valence-corrected chi connectivity index (χ1v) is 9.48. The number of imidazole rings is 1. The Bertz CT molecular complexity index is 1120. The smallest absolute Gasteiger partial charge is 0.152 e. The van der Waals surface area contributed by atoms with E-state index >= 15 is 0 Å². The van der Waals surface area contributed by atoms with Crippen molar-refractivity contribution in [2.45, 2.75) is 12.8 Å². The molecule has 0 fully saturated rings. The number of anilines is 1. The maximum Gasteiger partial charge on any atom is 0.152 e. The Hall–Kier alpha value is -2.77. The van der Waals surface area contributed by atoms with E-state index in [0.29, 0.717) is 29.7 Å². The van der Waals surface area contributed by atoms with Crippen LogP contribution in [0, 0.1) is 5.82 Å². The van der Waals surface area contributed by atoms with Crippen LogP contribution in [0.1, 0.15) is 12.2 Å². The average molecular weight is 382 g/mol. The summed E-state index contributed by atoms with van der Waals surface area (Å²) in [5, 5.41) is 9.06. The average Bonchev–Trinajstić information content (AvgIpc) is 3.26. The largest absolute Gasteiger partial charge is 0.396 e. The number of aromatic nitrogens is 3. The Morgan fingerprint density at radius 1 is 1.15 bits per heavy atom. The molecule has 5 nitrogen and oxygen atoms in total. The molecule has 0 radical (unpaired) electrons. The highest BCUT2D eigenvalue weighted by Gasteiger charge is 2.15. The minimum absolute atomic E-state index is 0.121. The van der Waals surface area contributed by atoms with Crippen LogP contribution < -0.4 is 5.73 Å². The van der Waals surface area contributed by atoms with E-state index in [0.717, 1.165) is 26.8 Å². The molecule has 4 aromatic rings. The Kier molecular flexibility index (Phi) is 4.63. The molecular formula is C20H19FN4OS. The van der Waals surface area contributed by atoms with Crippen molar-refractivity contribution < 1.29 is 9.50 Å². The maximum atomic E-state index is 14.1. The van der Waals surface area contributed by atoms with Crippen LogP contribution in [0.5, 0.6) is 0 Å². The number of thiophene rings is 1. The van der Waals surface area contributed by atoms with E-state index in [4.69, 9.17) is 10.8 Å². The number of aryl methyl sites for hydroxylation is 2. The molecule has 0 aliphatic heterocycles. The lowest BCUT2D eigenvalue weighted by molar-refractivity contribution is 0.287. The van der Waals surface area contributed by atoms with E-state index in [1.807, 2.05) is 35.9 Å². The van der Waals surface area contributed by atoms with Crippen LogP contribution in [-0.4, -0.2) is 26.2 Å². The van der Waals surface area contributed by atoms with Crippen LogP contribution in [0.3, 0.4) is 0 Å². The fourth-order valence-corrected chi connectivity index (χ4v) is 4.12. The molecule has 0 aliphatic carbocycles. The highest BCUT2D eigenvalue weighted by atomic mass is 32.1. The second-order valence-corrected chi connectivity index (χ2v) is 7.40. The summed E-state index contributed by atoms with van der Waals surface area (Å²) >= 11 is 1.48. The van der Waals surface area contributed by atoms with Crippen LogP contribution >= 0.6 is 11.3 Å². The third-order valence-corrected chi connectivity index (χ3v) is 5.69. The first-order chi connectivity index (χ1) is 13.1. The molecule has 0 saturated carbocycles. The molecule has 3 heterocycles. The van der Waals surface area contributed by atoms with Crippen molar-refractivity contribution in [2.24, 2.45) is 7.05 Å². The highest BCUT2D eigenvalue weighted by Crippen LogP contribution is 2.36. The molecule has 4 rings (SSSR count). The van der Waals surface area contributed by atoms with Crippen molar-refractivity contribution in [3.05, 3.63) is 54.1 Å². The number of nitrogens with zero attached hydrogens (tertiary/aromatic N) is 3. The van der Waals surface area contributed by atoms with E-state index in [2.05, 4.69) is 9.97 Å². The summed E-state index contributed by atoms with van der Waals surface area (Å²) < 4.78 is 16.0. The summed E-state index contributed by atoms with van der Waals surface area (Å²) in [6.07, 6.45) is 1.32. The van der Waals surface area contributed by atoms with Gasteiger partial charge < -0.3 is 15.4 Å². The van der Waals surface area contributed by atoms with Crippen molar-refractivity contribution in [3.63, 3.8) is 0 Å². The zero-order chi connectivity index (χ0) is 19.0. The van der Waals surface area contributed by atoms with E-state index < -0.39 is 0 Å². The first kappa shape index (κ1) is 17.6. The number of aliphatic hydroxyl groups excluding tert-OH is 1. The monoisotopic (exact) mass is 382 g/mol. The zero-order valence-electron chi connectivity index (χ0n) is 14.8. The predicted octanol–water partition coefficient (Wildman–Crippen LogP) is 4.01. The highest BCUT2D eigenvalue weighted by molar-refractivity contribution is 7.18. The number of rotatable bonds is 5. The fourth-order valence-electron chi connectivity index (χ4n) is 3.13. The summed E-state index contributed by atoms with van der Waals surface area (Å²) in [6, 6.07) is 12.5. The van der Waals surface area contributed by atoms with Crippen molar-refractivity contribution in [2.75, 3.05) is 12.3 Å². The number of hydrogen-bond acceptors (Lipinski definition) is 5. The van der Waals surface area contributed by atoms with Crippen LogP contribution in [0.25, 0.3) is 32.0 Å². The Morgan fingerprint density at radius 3 is 2.70 bits per heavy atom. The topological polar surface area (TPSA) is 77.0 Å². The molecule has 0 bridgehead atoms. The summed E-state index contributed by atoms with van der Waals surface area (Å²) in [5.74, 6) is 0.992. The van der Waals surface area contributed by atoms with Crippen molar-refractivity contribution in [1.29, 1.82) is 0 Å². The lowest BCUT2D eigenvalue weighted by atomic mass is 10.2. The third-order valence-electron chi connectivity index (χ3n) is 4.55. The molecule has 0 amide bonds. The summed E-state index contributed by atoms with van der Waals surface area (Å²) in [4.78, 5) is 10.8. The number of nitrogens with two attached hydrogens (primary N) is 1. The third kappa shape index (κ3) is 3.20. The van der Waals surface area contributed by atoms with Crippen molar-refractivity contribution in [3.8, 4) is 21.0 Å². The van der Waals surface area contributed by atoms with Gasteiger partial charge in [0.2, 0.25) is 0 Å². The molecule has 0 saturated heterocycles. The molecule has 0 atom stereocenters. The minimum Gasteiger partial charge on any atom is -0.396 e. The second-order valence-electron chi connectivity index (χ2n) is 6.32. The Labute approximate surface area is 159 Å². The quantitative estimate of drug-likeness (QED) is 0.547. The van der Waals surface area contributed by atoms with E-state index in [1.54, 1.807) is 12.1 Å². The van der Waals surface area contributed by atoms with Gasteiger partial charge in [-0.3, -0.25) is 0 Å². The molecule has 27 heavy (non-hydrogen) atoms. The first-order valence-electron chi connectivity index (χ1n) is 8.66. The summed E-state index contributed by atoms with van der Waals surface area (Å²) in [6.45, 7) is 0.121. The standard InChI is InChI=1S/C20H19FN4OS/c1-25-15-11-14(23-20(22)19(15)24-18(25)7-4-10-26)17-9-8-16(27-17)12-5-2-3-6-13(12)21/h2-3,5-6,8-9,11,26H,4,7,10H2,1H3,(H2,22,23). The van der Waals surface area contributed by atoms with Crippen molar-refractivity contribution in [1.82, 2.24) is 14.5 Å². The Balaban J connectivity index is 1.76. The van der Waals surface area contributed by atoms with Gasteiger partial charge >= 0.3 is 0 Å². The van der Waals surface area contributed by atoms with Crippen molar-refractivity contribution >= 4 is 28.2 Å². The molecule has 1 aromatic carbocycles. The Morgan fingerprint density at radius 2 is 1.93 bits per heavy atom. The molecule has 0 unspecified atom stereocenters. The number of halogens is 1. The number of pyridine rings is 1. The van der Waals surface area contributed by atoms with Gasteiger partial charge in [0.05, 0.1) is 16.1 Å². The van der Waals surface area contributed by atoms with E-state index in [1.165, 1.54) is 17.4 Å². The fraction of sp³-hybridized carbons (Fsp3) is 0.200. The molecule has 0 aliphatic rings. The van der Waals surface area contributed by atoms with Crippen LogP contribution in [-0.2, 0) is 13.5 Å². The number of hydrogen-bond donors (Lipinski definition) is 2. The van der Waals surface area contributed by atoms with Gasteiger partial charge in [0, 0.05) is 30.5 Å². The molecule has 0 spiro atoms. The van der Waals surface area contributed by atoms with Gasteiger partial charge in [-0.25, -0.2) is 14.4 Å². The van der Waals surface area contributed by atoms with Gasteiger partial charge in [0.1, 0.15) is 17.2 Å². The molecule has 3 aromatic heterocycles. The van der Waals surface area contributed by atoms with Gasteiger partial charge in [-0.15, -0.1) is 11.3 Å². The van der Waals surface area contributed by atoms with Gasteiger partial charge in [-0.1, -0.05) is 18.2 Å². The van der Waals surface area contributed by atoms with Crippen LogP contribution in [0.2, 0.25) is 0 Å². The maximum absolute atomic E-state index is 14.1. The van der Waals surface area contributed by atoms with Gasteiger partial charge in [0.15, 0.2) is 5.82 Å². The minimum atomic E-state index is -0.242. The summed E-state index contributed by atoms with van der Waals surface area (Å²) in [7, 11) is 1.93. The van der Waals surface area contributed by atoms with Gasteiger partial charge in [-0.05, 0) is 30.7 Å². The lowest BCUT2D eigenvalue weighted by Crippen LogP contribution is -1.99. The zero-order valence-corrected chi connectivity index (χ0v) is 15.6. The lowest BCUT2D eigenvalue weighted by Gasteiger charge is -2.03. The number of nitrogen functional groups attached to an aromatic ring is 1. The number of fused-ring (bicyclic) bond motifs is 1.